The Morgan fingerprint density at radius 2 is 1.38 bits per heavy atom. The number of alkyl halides is 1. The molecule has 5 aromatic rings. The van der Waals surface area contributed by atoms with E-state index in [4.69, 9.17) is 32.9 Å². The van der Waals surface area contributed by atoms with Gasteiger partial charge in [-0.2, -0.15) is 0 Å². The fraction of sp³-hybridized carbons (Fsp3) is 0.226. The smallest absolute Gasteiger partial charge is 0.0892 e. The van der Waals surface area contributed by atoms with E-state index >= 15 is 0 Å². The number of para-hydroxylation sites is 2. The molecule has 0 amide bonds. The summed E-state index contributed by atoms with van der Waals surface area (Å²) < 4.78 is 6.26. The van der Waals surface area contributed by atoms with Crippen LogP contribution in [-0.4, -0.2) is 29.2 Å². The number of rotatable bonds is 5. The molecule has 3 heterocycles. The summed E-state index contributed by atoms with van der Waals surface area (Å²) in [6.45, 7) is 2.41. The van der Waals surface area contributed by atoms with Crippen LogP contribution in [0, 0.1) is 0 Å². The topological polar surface area (TPSA) is 47.0 Å². The van der Waals surface area contributed by atoms with Crippen LogP contribution >= 0.6 is 23.2 Å². The molecule has 2 atom stereocenters. The molecule has 1 saturated heterocycles. The Hall–Kier alpha value is -3.02. The highest BCUT2D eigenvalue weighted by atomic mass is 35.5. The number of pyridine rings is 2. The highest BCUT2D eigenvalue weighted by molar-refractivity contribution is 6.30. The van der Waals surface area contributed by atoms with Crippen LogP contribution < -0.4 is 5.32 Å². The number of halogens is 2. The van der Waals surface area contributed by atoms with Crippen LogP contribution in [0.2, 0.25) is 5.02 Å². The van der Waals surface area contributed by atoms with E-state index in [1.807, 2.05) is 66.7 Å². The van der Waals surface area contributed by atoms with Gasteiger partial charge in [0, 0.05) is 28.3 Å². The van der Waals surface area contributed by atoms with Crippen molar-refractivity contribution in [3.8, 4) is 0 Å². The Morgan fingerprint density at radius 3 is 2.05 bits per heavy atom. The summed E-state index contributed by atoms with van der Waals surface area (Å²) in [7, 11) is 0. The first-order valence-electron chi connectivity index (χ1n) is 12.5. The van der Waals surface area contributed by atoms with E-state index in [1.165, 1.54) is 5.56 Å². The van der Waals surface area contributed by atoms with E-state index in [9.17, 15) is 0 Å². The fourth-order valence-electron chi connectivity index (χ4n) is 4.66. The lowest BCUT2D eigenvalue weighted by molar-refractivity contribution is 0.00919. The number of nitrogens with zero attached hydrogens (tertiary/aromatic N) is 2. The molecule has 0 radical (unpaired) electrons. The van der Waals surface area contributed by atoms with Crippen molar-refractivity contribution in [1.82, 2.24) is 15.3 Å². The first-order chi connectivity index (χ1) is 18.2. The maximum Gasteiger partial charge on any atom is 0.0892 e. The highest BCUT2D eigenvalue weighted by Crippen LogP contribution is 2.29. The molecule has 6 heteroatoms. The molecule has 1 aliphatic heterocycles. The first-order valence-corrected chi connectivity index (χ1v) is 13.4. The van der Waals surface area contributed by atoms with Crippen LogP contribution in [0.1, 0.15) is 29.3 Å². The standard InChI is InChI=1S/C21H21ClN2O.C10H8ClN/c22-17-8-5-15(6-9-17)19-11-12-23-13-21(19)25-14-18-10-7-16-3-1-2-4-20(16)24-18;11-7-9-6-5-8-3-1-2-4-10(8)12-9/h1-10,19,21,23H,11-14H2;1-6H,7H2. The summed E-state index contributed by atoms with van der Waals surface area (Å²) in [5, 5.41) is 6.53. The molecule has 2 aromatic heterocycles. The lowest BCUT2D eigenvalue weighted by Gasteiger charge is -2.32. The summed E-state index contributed by atoms with van der Waals surface area (Å²) >= 11 is 11.7. The number of nitrogens with one attached hydrogen (secondary N) is 1. The maximum absolute atomic E-state index is 6.26. The molecular formula is C31H29Cl2N3O. The van der Waals surface area contributed by atoms with Gasteiger partial charge in [-0.15, -0.1) is 11.6 Å². The molecule has 1 aliphatic rings. The lowest BCUT2D eigenvalue weighted by Crippen LogP contribution is -2.41. The van der Waals surface area contributed by atoms with Crippen molar-refractivity contribution < 1.29 is 4.74 Å². The summed E-state index contributed by atoms with van der Waals surface area (Å²) in [5.41, 5.74) is 5.21. The monoisotopic (exact) mass is 529 g/mol. The van der Waals surface area contributed by atoms with Gasteiger partial charge in [0.15, 0.2) is 0 Å². The van der Waals surface area contributed by atoms with Crippen LogP contribution in [0.3, 0.4) is 0 Å². The Bertz CT molecular complexity index is 1460. The number of fused-ring (bicyclic) bond motifs is 2. The highest BCUT2D eigenvalue weighted by Gasteiger charge is 2.27. The zero-order valence-corrected chi connectivity index (χ0v) is 22.0. The molecular weight excluding hydrogens is 501 g/mol. The van der Waals surface area contributed by atoms with E-state index in [-0.39, 0.29) is 6.10 Å². The van der Waals surface area contributed by atoms with Crippen molar-refractivity contribution in [2.24, 2.45) is 0 Å². The lowest BCUT2D eigenvalue weighted by atomic mass is 9.88. The van der Waals surface area contributed by atoms with E-state index < -0.39 is 0 Å². The van der Waals surface area contributed by atoms with Crippen LogP contribution in [0.25, 0.3) is 21.8 Å². The third kappa shape index (κ3) is 6.65. The number of hydrogen-bond donors (Lipinski definition) is 1. The molecule has 0 bridgehead atoms. The molecule has 3 aromatic carbocycles. The number of aromatic nitrogens is 2. The minimum atomic E-state index is 0.142. The minimum absolute atomic E-state index is 0.142. The second-order valence-electron chi connectivity index (χ2n) is 9.12. The van der Waals surface area contributed by atoms with Crippen molar-refractivity contribution in [3.63, 3.8) is 0 Å². The Kier molecular flexibility index (Phi) is 8.64. The summed E-state index contributed by atoms with van der Waals surface area (Å²) in [6.07, 6.45) is 1.21. The maximum atomic E-state index is 6.26. The molecule has 37 heavy (non-hydrogen) atoms. The van der Waals surface area contributed by atoms with Crippen molar-refractivity contribution in [2.45, 2.75) is 30.9 Å². The number of piperidine rings is 1. The average Bonchev–Trinajstić information content (AvgIpc) is 2.96. The van der Waals surface area contributed by atoms with Gasteiger partial charge in [-0.25, -0.2) is 0 Å². The molecule has 6 rings (SSSR count). The second kappa shape index (κ2) is 12.5. The third-order valence-electron chi connectivity index (χ3n) is 6.62. The zero-order chi connectivity index (χ0) is 25.5. The van der Waals surface area contributed by atoms with Crippen LogP contribution in [-0.2, 0) is 17.2 Å². The molecule has 0 aliphatic carbocycles. The van der Waals surface area contributed by atoms with E-state index in [2.05, 4.69) is 40.6 Å². The Labute approximate surface area is 227 Å². The Balaban J connectivity index is 0.000000195. The fourth-order valence-corrected chi connectivity index (χ4v) is 4.93. The zero-order valence-electron chi connectivity index (χ0n) is 20.5. The quantitative estimate of drug-likeness (QED) is 0.239. The largest absolute Gasteiger partial charge is 0.370 e. The van der Waals surface area contributed by atoms with E-state index in [0.29, 0.717) is 18.4 Å². The van der Waals surface area contributed by atoms with Gasteiger partial charge in [-0.1, -0.05) is 72.3 Å². The van der Waals surface area contributed by atoms with Crippen molar-refractivity contribution >= 4 is 45.0 Å². The van der Waals surface area contributed by atoms with Crippen molar-refractivity contribution in [3.05, 3.63) is 119 Å². The minimum Gasteiger partial charge on any atom is -0.370 e. The second-order valence-corrected chi connectivity index (χ2v) is 9.83. The molecule has 1 N–H and O–H groups in total. The third-order valence-corrected chi connectivity index (χ3v) is 7.14. The van der Waals surface area contributed by atoms with Gasteiger partial charge in [0.2, 0.25) is 0 Å². The predicted octanol–water partition coefficient (Wildman–Crippen LogP) is 7.52. The number of hydrogen-bond acceptors (Lipinski definition) is 4. The van der Waals surface area contributed by atoms with Crippen LogP contribution in [0.15, 0.2) is 97.1 Å². The van der Waals surface area contributed by atoms with Crippen LogP contribution in [0.4, 0.5) is 0 Å². The van der Waals surface area contributed by atoms with Gasteiger partial charge in [0.05, 0.1) is 41.0 Å². The average molecular weight is 530 g/mol. The summed E-state index contributed by atoms with van der Waals surface area (Å²) in [4.78, 5) is 9.07. The van der Waals surface area contributed by atoms with Gasteiger partial charge in [0.1, 0.15) is 0 Å². The van der Waals surface area contributed by atoms with E-state index in [0.717, 1.165) is 57.7 Å². The van der Waals surface area contributed by atoms with E-state index in [1.54, 1.807) is 0 Å². The SMILES string of the molecule is ClCc1ccc2ccccc2n1.Clc1ccc(C2CCNCC2OCc2ccc3ccccc3n2)cc1. The normalized spacial score (nSPS) is 17.4. The molecule has 4 nitrogen and oxygen atoms in total. The van der Waals surface area contributed by atoms with Gasteiger partial charge in [0.25, 0.3) is 0 Å². The van der Waals surface area contributed by atoms with Crippen molar-refractivity contribution in [2.75, 3.05) is 13.1 Å². The molecule has 0 spiro atoms. The molecule has 0 saturated carbocycles. The predicted molar refractivity (Wildman–Crippen MR) is 153 cm³/mol. The molecule has 2 unspecified atom stereocenters. The first kappa shape index (κ1) is 25.6. The Morgan fingerprint density at radius 1 is 0.757 bits per heavy atom. The van der Waals surface area contributed by atoms with Gasteiger partial charge in [-0.05, 0) is 54.9 Å². The summed E-state index contributed by atoms with van der Waals surface area (Å²) in [5.74, 6) is 0.865. The number of ether oxygens (including phenoxy) is 1. The van der Waals surface area contributed by atoms with Crippen LogP contribution in [0.5, 0.6) is 0 Å². The van der Waals surface area contributed by atoms with Gasteiger partial charge in [-0.3, -0.25) is 9.97 Å². The molecule has 1 fully saturated rings. The molecule has 188 valence electrons. The summed E-state index contributed by atoms with van der Waals surface area (Å²) in [6, 6.07) is 32.5. The van der Waals surface area contributed by atoms with Crippen molar-refractivity contribution in [1.29, 1.82) is 0 Å². The number of benzene rings is 3. The van der Waals surface area contributed by atoms with Gasteiger partial charge < -0.3 is 10.1 Å². The van der Waals surface area contributed by atoms with Gasteiger partial charge >= 0.3 is 0 Å².